The molecule has 0 saturated carbocycles. The van der Waals surface area contributed by atoms with Gasteiger partial charge in [-0.3, -0.25) is 9.59 Å². The van der Waals surface area contributed by atoms with Gasteiger partial charge in [0.05, 0.1) is 11.4 Å². The van der Waals surface area contributed by atoms with Gasteiger partial charge in [-0.05, 0) is 36.4 Å². The van der Waals surface area contributed by atoms with Crippen molar-refractivity contribution < 1.29 is 18.6 Å². The standard InChI is InChI=1S/C16H10Cl4F2N2O2S3/c17-15(18)28-13-5-9(23(21)7-25)1-3-11(13)27-12-4-2-10(24(22)8-26)6-14(12)29-16(19)20/h1-8,15-16H. The highest BCUT2D eigenvalue weighted by Gasteiger charge is 2.17. The summed E-state index contributed by atoms with van der Waals surface area (Å²) in [4.78, 5) is 23.7. The molecule has 0 heterocycles. The highest BCUT2D eigenvalue weighted by atomic mass is 35.5. The molecule has 0 radical (unpaired) electrons. The van der Waals surface area contributed by atoms with E-state index in [0.717, 1.165) is 23.5 Å². The van der Waals surface area contributed by atoms with Gasteiger partial charge in [0.2, 0.25) is 12.8 Å². The molecular formula is C16H10Cl4F2N2O2S3. The van der Waals surface area contributed by atoms with Crippen LogP contribution in [0.15, 0.2) is 56.0 Å². The monoisotopic (exact) mass is 536 g/mol. The lowest BCUT2D eigenvalue weighted by Gasteiger charge is -2.16. The smallest absolute Gasteiger partial charge is 0.242 e. The van der Waals surface area contributed by atoms with Crippen molar-refractivity contribution in [2.75, 3.05) is 10.2 Å². The number of thioether (sulfide) groups is 2. The van der Waals surface area contributed by atoms with Crippen LogP contribution >= 0.6 is 81.7 Å². The van der Waals surface area contributed by atoms with Crippen LogP contribution in [0.3, 0.4) is 0 Å². The zero-order valence-electron chi connectivity index (χ0n) is 14.0. The molecule has 0 bridgehead atoms. The fraction of sp³-hybridized carbons (Fsp3) is 0.125. The van der Waals surface area contributed by atoms with Crippen molar-refractivity contribution in [1.82, 2.24) is 0 Å². The summed E-state index contributed by atoms with van der Waals surface area (Å²) in [5.74, 6) is 0. The van der Waals surface area contributed by atoms with Crippen LogP contribution in [0.2, 0.25) is 0 Å². The van der Waals surface area contributed by atoms with Gasteiger partial charge in [0, 0.05) is 19.6 Å². The molecule has 4 nitrogen and oxygen atoms in total. The van der Waals surface area contributed by atoms with Crippen LogP contribution < -0.4 is 10.2 Å². The van der Waals surface area contributed by atoms with E-state index < -0.39 is 8.34 Å². The molecule has 13 heteroatoms. The van der Waals surface area contributed by atoms with Crippen molar-refractivity contribution >= 4 is 106 Å². The van der Waals surface area contributed by atoms with Gasteiger partial charge in [-0.2, -0.15) is 0 Å². The molecule has 0 aliphatic heterocycles. The van der Waals surface area contributed by atoms with E-state index in [-0.39, 0.29) is 34.4 Å². The number of rotatable bonds is 10. The molecule has 29 heavy (non-hydrogen) atoms. The third kappa shape index (κ3) is 7.27. The van der Waals surface area contributed by atoms with Gasteiger partial charge in [0.1, 0.15) is 0 Å². The predicted molar refractivity (Wildman–Crippen MR) is 119 cm³/mol. The lowest BCUT2D eigenvalue weighted by molar-refractivity contribution is -0.110. The maximum absolute atomic E-state index is 13.6. The first-order valence-corrected chi connectivity index (χ1v) is 11.7. The minimum atomic E-state index is -0.840. The van der Waals surface area contributed by atoms with Crippen LogP contribution in [0.5, 0.6) is 0 Å². The molecule has 156 valence electrons. The van der Waals surface area contributed by atoms with E-state index in [0.29, 0.717) is 19.6 Å². The number of benzene rings is 2. The largest absolute Gasteiger partial charge is 0.276 e. The lowest BCUT2D eigenvalue weighted by atomic mass is 10.3. The third-order valence-electron chi connectivity index (χ3n) is 3.19. The minimum Gasteiger partial charge on any atom is -0.276 e. The third-order valence-corrected chi connectivity index (χ3v) is 7.20. The van der Waals surface area contributed by atoms with Crippen molar-refractivity contribution in [3.63, 3.8) is 0 Å². The molecule has 0 saturated heterocycles. The topological polar surface area (TPSA) is 40.6 Å². The first kappa shape index (κ1) is 24.7. The van der Waals surface area contributed by atoms with Crippen LogP contribution in [-0.2, 0) is 9.59 Å². The van der Waals surface area contributed by atoms with E-state index in [1.54, 1.807) is 12.1 Å². The van der Waals surface area contributed by atoms with Crippen LogP contribution in [0, 0.1) is 0 Å². The van der Waals surface area contributed by atoms with Gasteiger partial charge in [-0.15, -0.1) is 10.2 Å². The Balaban J connectivity index is 2.45. The van der Waals surface area contributed by atoms with E-state index in [1.165, 1.54) is 36.0 Å². The van der Waals surface area contributed by atoms with Crippen molar-refractivity contribution in [3.05, 3.63) is 36.4 Å². The molecule has 0 aliphatic rings. The molecule has 0 N–H and O–H groups in total. The highest BCUT2D eigenvalue weighted by molar-refractivity contribution is 8.05. The summed E-state index contributed by atoms with van der Waals surface area (Å²) < 4.78 is 25.5. The number of amides is 2. The van der Waals surface area contributed by atoms with Gasteiger partial charge in [0.15, 0.2) is 8.34 Å². The van der Waals surface area contributed by atoms with Gasteiger partial charge in [-0.1, -0.05) is 90.7 Å². The van der Waals surface area contributed by atoms with Gasteiger partial charge in [0.25, 0.3) is 0 Å². The van der Waals surface area contributed by atoms with Crippen LogP contribution in [0.4, 0.5) is 20.3 Å². The van der Waals surface area contributed by atoms with E-state index >= 15 is 0 Å². The summed E-state index contributed by atoms with van der Waals surface area (Å²) in [5, 5.41) is -0.153. The number of hydrogen-bond acceptors (Lipinski definition) is 5. The SMILES string of the molecule is O=CN(F)c1ccc(Sc2ccc(N(F)C=O)cc2SC(Cl)Cl)c(SC(Cl)Cl)c1. The second kappa shape index (κ2) is 11.7. The summed E-state index contributed by atoms with van der Waals surface area (Å²) in [6.45, 7) is 0. The van der Waals surface area contributed by atoms with Crippen LogP contribution in [0.25, 0.3) is 0 Å². The number of halogens is 6. The fourth-order valence-electron chi connectivity index (χ4n) is 2.04. The van der Waals surface area contributed by atoms with Crippen LogP contribution in [0.1, 0.15) is 0 Å². The van der Waals surface area contributed by atoms with E-state index in [2.05, 4.69) is 0 Å². The average molecular weight is 538 g/mol. The Morgan fingerprint density at radius 1 is 0.724 bits per heavy atom. The normalized spacial score (nSPS) is 11.0. The lowest BCUT2D eigenvalue weighted by Crippen LogP contribution is -2.08. The number of carbonyl (C=O) groups excluding carboxylic acids is 2. The molecule has 0 fully saturated rings. The molecule has 2 aromatic carbocycles. The Bertz CT molecular complexity index is 811. The molecule has 2 aromatic rings. The Morgan fingerprint density at radius 2 is 1.10 bits per heavy atom. The second-order valence-corrected chi connectivity index (χ2v) is 11.6. The van der Waals surface area contributed by atoms with E-state index in [9.17, 15) is 18.6 Å². The summed E-state index contributed by atoms with van der Waals surface area (Å²) in [5.41, 5.74) is 0.0119. The first-order valence-electron chi connectivity index (χ1n) is 7.41. The zero-order chi connectivity index (χ0) is 21.6. The minimum absolute atomic E-state index is 0.00594. The molecule has 2 rings (SSSR count). The Labute approximate surface area is 198 Å². The number of carbonyl (C=O) groups is 2. The van der Waals surface area contributed by atoms with Gasteiger partial charge < -0.3 is 0 Å². The second-order valence-electron chi connectivity index (χ2n) is 4.95. The van der Waals surface area contributed by atoms with Crippen LogP contribution in [-0.4, -0.2) is 21.2 Å². The van der Waals surface area contributed by atoms with Gasteiger partial charge in [-0.25, -0.2) is 0 Å². The average Bonchev–Trinajstić information content (AvgIpc) is 2.68. The summed E-state index contributed by atoms with van der Waals surface area (Å²) in [6, 6.07) is 8.82. The molecular weight excluding hydrogens is 528 g/mol. The number of hydrogen-bond donors (Lipinski definition) is 0. The molecule has 0 aliphatic carbocycles. The quantitative estimate of drug-likeness (QED) is 0.138. The van der Waals surface area contributed by atoms with Crippen molar-refractivity contribution in [2.24, 2.45) is 0 Å². The zero-order valence-corrected chi connectivity index (χ0v) is 19.5. The summed E-state index contributed by atoms with van der Waals surface area (Å²) >= 11 is 26.7. The molecule has 0 spiro atoms. The Kier molecular flexibility index (Phi) is 10.0. The summed E-state index contributed by atoms with van der Waals surface area (Å²) in [7, 11) is 0. The van der Waals surface area contributed by atoms with E-state index in [4.69, 9.17) is 46.4 Å². The number of nitrogens with zero attached hydrogens (tertiary/aromatic N) is 2. The van der Waals surface area contributed by atoms with Crippen molar-refractivity contribution in [3.8, 4) is 0 Å². The maximum atomic E-state index is 13.6. The number of anilines is 2. The predicted octanol–water partition coefficient (Wildman–Crippen LogP) is 7.24. The molecule has 2 amide bonds. The van der Waals surface area contributed by atoms with Crippen molar-refractivity contribution in [1.29, 1.82) is 0 Å². The Morgan fingerprint density at radius 3 is 1.41 bits per heavy atom. The highest BCUT2D eigenvalue weighted by Crippen LogP contribution is 2.45. The van der Waals surface area contributed by atoms with E-state index in [1.807, 2.05) is 0 Å². The fourth-order valence-corrected chi connectivity index (χ4v) is 5.69. The first-order chi connectivity index (χ1) is 13.7. The Hall–Kier alpha value is -0.550. The molecule has 0 unspecified atom stereocenters. The molecule has 0 atom stereocenters. The van der Waals surface area contributed by atoms with Crippen molar-refractivity contribution in [2.45, 2.75) is 27.9 Å². The molecule has 0 aromatic heterocycles. The van der Waals surface area contributed by atoms with Gasteiger partial charge >= 0.3 is 0 Å². The maximum Gasteiger partial charge on any atom is 0.242 e. The summed E-state index contributed by atoms with van der Waals surface area (Å²) in [6.07, 6.45) is 0.0551. The number of alkyl halides is 4.